The molecule has 0 radical (unpaired) electrons. The van der Waals surface area contributed by atoms with Crippen molar-refractivity contribution in [3.05, 3.63) is 51.5 Å². The molecule has 5 nitrogen and oxygen atoms in total. The molecule has 0 unspecified atom stereocenters. The predicted octanol–water partition coefficient (Wildman–Crippen LogP) is 4.75. The fourth-order valence-corrected chi connectivity index (χ4v) is 4.78. The molecule has 1 N–H and O–H groups in total. The largest absolute Gasteiger partial charge is 0.496 e. The molecule has 0 aromatic heterocycles. The molecule has 2 rings (SSSR count). The molecule has 8 heteroatoms. The lowest BCUT2D eigenvalue weighted by molar-refractivity contribution is 0.411. The van der Waals surface area contributed by atoms with Crippen LogP contribution in [0.2, 0.25) is 10.0 Å². The van der Waals surface area contributed by atoms with E-state index in [2.05, 4.69) is 4.72 Å². The standard InChI is InChI=1S/C18H21Cl2NO4S/c1-5-13(12-6-7-14(24-3)11(2)10-12)21-26(22,23)16-9-8-15(25-4)17(19)18(16)20/h6-10,13,21H,5H2,1-4H3/t13-/m0/s1. The van der Waals surface area contributed by atoms with Crippen LogP contribution in [0.1, 0.15) is 30.5 Å². The number of aryl methyl sites for hydroxylation is 1. The summed E-state index contributed by atoms with van der Waals surface area (Å²) in [4.78, 5) is -0.0892. The van der Waals surface area contributed by atoms with Gasteiger partial charge in [-0.2, -0.15) is 0 Å². The van der Waals surface area contributed by atoms with Crippen LogP contribution in [-0.2, 0) is 10.0 Å². The summed E-state index contributed by atoms with van der Waals surface area (Å²) in [7, 11) is -0.851. The quantitative estimate of drug-likeness (QED) is 0.705. The van der Waals surface area contributed by atoms with Gasteiger partial charge < -0.3 is 9.47 Å². The summed E-state index contributed by atoms with van der Waals surface area (Å²) in [5.41, 5.74) is 1.76. The Balaban J connectivity index is 2.38. The number of nitrogens with one attached hydrogen (secondary N) is 1. The fourth-order valence-electron chi connectivity index (χ4n) is 2.64. The molecule has 0 heterocycles. The molecule has 0 aliphatic carbocycles. The van der Waals surface area contributed by atoms with Crippen molar-refractivity contribution < 1.29 is 17.9 Å². The van der Waals surface area contributed by atoms with E-state index in [9.17, 15) is 8.42 Å². The molecular formula is C18H21Cl2NO4S. The highest BCUT2D eigenvalue weighted by molar-refractivity contribution is 7.89. The lowest BCUT2D eigenvalue weighted by Crippen LogP contribution is -2.28. The molecule has 2 aromatic carbocycles. The first-order valence-corrected chi connectivity index (χ1v) is 10.2. The van der Waals surface area contributed by atoms with Gasteiger partial charge in [0.05, 0.1) is 19.2 Å². The summed E-state index contributed by atoms with van der Waals surface area (Å²) in [5.74, 6) is 1.06. The second kappa shape index (κ2) is 8.48. The lowest BCUT2D eigenvalue weighted by Gasteiger charge is -2.20. The van der Waals surface area contributed by atoms with E-state index in [1.54, 1.807) is 7.11 Å². The number of hydrogen-bond acceptors (Lipinski definition) is 4. The summed E-state index contributed by atoms with van der Waals surface area (Å²) in [6, 6.07) is 7.99. The van der Waals surface area contributed by atoms with Crippen LogP contribution in [0.15, 0.2) is 35.2 Å². The first kappa shape index (κ1) is 20.8. The SMILES string of the molecule is CC[C@H](NS(=O)(=O)c1ccc(OC)c(Cl)c1Cl)c1ccc(OC)c(C)c1. The van der Waals surface area contributed by atoms with E-state index in [-0.39, 0.29) is 14.9 Å². The second-order valence-electron chi connectivity index (χ2n) is 5.71. The van der Waals surface area contributed by atoms with E-state index in [1.165, 1.54) is 19.2 Å². The molecule has 0 fully saturated rings. The van der Waals surface area contributed by atoms with Crippen molar-refractivity contribution in [2.24, 2.45) is 0 Å². The van der Waals surface area contributed by atoms with Gasteiger partial charge in [-0.1, -0.05) is 42.3 Å². The Hall–Kier alpha value is -1.47. The number of halogens is 2. The summed E-state index contributed by atoms with van der Waals surface area (Å²) in [5, 5.41) is -0.00957. The Morgan fingerprint density at radius 3 is 2.19 bits per heavy atom. The number of benzene rings is 2. The summed E-state index contributed by atoms with van der Waals surface area (Å²) in [6.45, 7) is 3.80. The van der Waals surface area contributed by atoms with Crippen LogP contribution in [0, 0.1) is 6.92 Å². The average molecular weight is 418 g/mol. The minimum absolute atomic E-state index is 0.0605. The maximum absolute atomic E-state index is 12.8. The molecule has 0 amide bonds. The van der Waals surface area contributed by atoms with Crippen LogP contribution >= 0.6 is 23.2 Å². The summed E-state index contributed by atoms with van der Waals surface area (Å²) >= 11 is 12.2. The number of rotatable bonds is 7. The first-order valence-electron chi connectivity index (χ1n) is 7.94. The number of hydrogen-bond donors (Lipinski definition) is 1. The molecule has 0 saturated carbocycles. The highest BCUT2D eigenvalue weighted by Crippen LogP contribution is 2.37. The van der Waals surface area contributed by atoms with Crippen LogP contribution in [0.4, 0.5) is 0 Å². The minimum atomic E-state index is -3.88. The molecule has 0 bridgehead atoms. The third-order valence-corrected chi connectivity index (χ3v) is 6.54. The minimum Gasteiger partial charge on any atom is -0.496 e. The second-order valence-corrected chi connectivity index (χ2v) is 8.14. The normalized spacial score (nSPS) is 12.7. The Labute approximate surface area is 164 Å². The zero-order valence-electron chi connectivity index (χ0n) is 15.0. The van der Waals surface area contributed by atoms with Crippen molar-refractivity contribution in [2.45, 2.75) is 31.2 Å². The van der Waals surface area contributed by atoms with Gasteiger partial charge in [0.1, 0.15) is 21.4 Å². The van der Waals surface area contributed by atoms with Crippen LogP contribution in [0.3, 0.4) is 0 Å². The molecule has 0 saturated heterocycles. The third kappa shape index (κ3) is 4.26. The predicted molar refractivity (Wildman–Crippen MR) is 104 cm³/mol. The van der Waals surface area contributed by atoms with Crippen LogP contribution in [0.5, 0.6) is 11.5 Å². The van der Waals surface area contributed by atoms with E-state index in [1.807, 2.05) is 32.0 Å². The number of sulfonamides is 1. The lowest BCUT2D eigenvalue weighted by atomic mass is 10.0. The number of methoxy groups -OCH3 is 2. The summed E-state index contributed by atoms with van der Waals surface area (Å²) in [6.07, 6.45) is 0.562. The Bertz CT molecular complexity index is 900. The van der Waals surface area contributed by atoms with Crippen LogP contribution in [-0.4, -0.2) is 22.6 Å². The molecule has 26 heavy (non-hydrogen) atoms. The van der Waals surface area contributed by atoms with Crippen molar-refractivity contribution in [2.75, 3.05) is 14.2 Å². The van der Waals surface area contributed by atoms with E-state index >= 15 is 0 Å². The van der Waals surface area contributed by atoms with Crippen molar-refractivity contribution in [3.8, 4) is 11.5 Å². The molecule has 0 spiro atoms. The van der Waals surface area contributed by atoms with Crippen molar-refractivity contribution in [1.82, 2.24) is 4.72 Å². The van der Waals surface area contributed by atoms with Gasteiger partial charge in [-0.05, 0) is 42.7 Å². The maximum Gasteiger partial charge on any atom is 0.242 e. The molecule has 0 aliphatic heterocycles. The Kier molecular flexibility index (Phi) is 6.80. The average Bonchev–Trinajstić information content (AvgIpc) is 2.61. The highest BCUT2D eigenvalue weighted by atomic mass is 35.5. The van der Waals surface area contributed by atoms with E-state index in [0.29, 0.717) is 12.2 Å². The molecule has 2 aromatic rings. The van der Waals surface area contributed by atoms with E-state index in [4.69, 9.17) is 32.7 Å². The zero-order valence-corrected chi connectivity index (χ0v) is 17.3. The van der Waals surface area contributed by atoms with E-state index < -0.39 is 16.1 Å². The van der Waals surface area contributed by atoms with Gasteiger partial charge in [0.2, 0.25) is 10.0 Å². The highest BCUT2D eigenvalue weighted by Gasteiger charge is 2.25. The maximum atomic E-state index is 12.8. The van der Waals surface area contributed by atoms with Gasteiger partial charge in [0.25, 0.3) is 0 Å². The van der Waals surface area contributed by atoms with Gasteiger partial charge in [0, 0.05) is 6.04 Å². The van der Waals surface area contributed by atoms with E-state index in [0.717, 1.165) is 16.9 Å². The van der Waals surface area contributed by atoms with Crippen LogP contribution in [0.25, 0.3) is 0 Å². The smallest absolute Gasteiger partial charge is 0.242 e. The first-order chi connectivity index (χ1) is 12.2. The molecule has 142 valence electrons. The molecule has 1 atom stereocenters. The van der Waals surface area contributed by atoms with Gasteiger partial charge >= 0.3 is 0 Å². The Morgan fingerprint density at radius 1 is 1.04 bits per heavy atom. The van der Waals surface area contributed by atoms with Gasteiger partial charge in [-0.15, -0.1) is 0 Å². The van der Waals surface area contributed by atoms with Crippen LogP contribution < -0.4 is 14.2 Å². The van der Waals surface area contributed by atoms with Gasteiger partial charge in [-0.25, -0.2) is 13.1 Å². The zero-order chi connectivity index (χ0) is 19.5. The molecular weight excluding hydrogens is 397 g/mol. The van der Waals surface area contributed by atoms with Gasteiger partial charge in [0.15, 0.2) is 0 Å². The molecule has 0 aliphatic rings. The van der Waals surface area contributed by atoms with Crippen molar-refractivity contribution >= 4 is 33.2 Å². The van der Waals surface area contributed by atoms with Crippen molar-refractivity contribution in [1.29, 1.82) is 0 Å². The topological polar surface area (TPSA) is 64.6 Å². The Morgan fingerprint density at radius 2 is 1.65 bits per heavy atom. The fraction of sp³-hybridized carbons (Fsp3) is 0.333. The van der Waals surface area contributed by atoms with Crippen molar-refractivity contribution in [3.63, 3.8) is 0 Å². The van der Waals surface area contributed by atoms with Gasteiger partial charge in [-0.3, -0.25) is 0 Å². The third-order valence-electron chi connectivity index (χ3n) is 4.05. The summed E-state index contributed by atoms with van der Waals surface area (Å²) < 4.78 is 38.7. The number of ether oxygens (including phenoxy) is 2. The monoisotopic (exact) mass is 417 g/mol.